The molecule has 1 fully saturated rings. The third-order valence-electron chi connectivity index (χ3n) is 4.91. The number of hydrogen-bond acceptors (Lipinski definition) is 4. The van der Waals surface area contributed by atoms with Gasteiger partial charge in [-0.25, -0.2) is 4.79 Å². The summed E-state index contributed by atoms with van der Waals surface area (Å²) >= 11 is 0. The van der Waals surface area contributed by atoms with Gasteiger partial charge in [0.1, 0.15) is 5.75 Å². The fourth-order valence-electron chi connectivity index (χ4n) is 3.32. The lowest BCUT2D eigenvalue weighted by molar-refractivity contribution is -0.139. The van der Waals surface area contributed by atoms with Crippen molar-refractivity contribution in [1.29, 1.82) is 0 Å². The van der Waals surface area contributed by atoms with Crippen molar-refractivity contribution in [2.24, 2.45) is 5.92 Å². The first-order valence-corrected chi connectivity index (χ1v) is 9.58. The van der Waals surface area contributed by atoms with Crippen LogP contribution in [0, 0.1) is 5.92 Å². The molecule has 2 aromatic carbocycles. The molecule has 3 rings (SSSR count). The van der Waals surface area contributed by atoms with Crippen molar-refractivity contribution in [1.82, 2.24) is 10.2 Å². The number of rotatable bonds is 7. The molecule has 0 atom stereocenters. The molecule has 0 saturated carbocycles. The van der Waals surface area contributed by atoms with E-state index < -0.39 is 12.6 Å². The summed E-state index contributed by atoms with van der Waals surface area (Å²) in [5, 5.41) is 11.7. The summed E-state index contributed by atoms with van der Waals surface area (Å²) in [7, 11) is 0. The highest BCUT2D eigenvalue weighted by atomic mass is 16.5. The number of carbonyl (C=O) groups is 3. The van der Waals surface area contributed by atoms with Crippen LogP contribution >= 0.6 is 0 Å². The molecule has 1 heterocycles. The van der Waals surface area contributed by atoms with Crippen LogP contribution in [0.15, 0.2) is 54.6 Å². The van der Waals surface area contributed by atoms with Gasteiger partial charge in [0.15, 0.2) is 6.61 Å². The van der Waals surface area contributed by atoms with Gasteiger partial charge in [0.2, 0.25) is 5.91 Å². The van der Waals surface area contributed by atoms with Gasteiger partial charge >= 0.3 is 5.97 Å². The second kappa shape index (κ2) is 9.73. The van der Waals surface area contributed by atoms with Crippen LogP contribution in [0.25, 0.3) is 0 Å². The molecule has 2 N–H and O–H groups in total. The van der Waals surface area contributed by atoms with Crippen molar-refractivity contribution in [3.63, 3.8) is 0 Å². The molecule has 0 aromatic heterocycles. The first kappa shape index (κ1) is 20.4. The number of carbonyl (C=O) groups excluding carboxylic acids is 2. The molecular weight excluding hydrogens is 372 g/mol. The van der Waals surface area contributed by atoms with Gasteiger partial charge in [-0.1, -0.05) is 36.4 Å². The van der Waals surface area contributed by atoms with Crippen molar-refractivity contribution in [2.45, 2.75) is 19.4 Å². The molecule has 0 radical (unpaired) electrons. The number of piperidine rings is 1. The summed E-state index contributed by atoms with van der Waals surface area (Å²) < 4.78 is 5.13. The maximum absolute atomic E-state index is 12.7. The van der Waals surface area contributed by atoms with Crippen LogP contribution in [-0.2, 0) is 16.1 Å². The normalized spacial score (nSPS) is 14.3. The Labute approximate surface area is 169 Å². The summed E-state index contributed by atoms with van der Waals surface area (Å²) in [4.78, 5) is 37.5. The topological polar surface area (TPSA) is 95.9 Å². The van der Waals surface area contributed by atoms with Gasteiger partial charge in [-0.2, -0.15) is 0 Å². The van der Waals surface area contributed by atoms with Crippen LogP contribution < -0.4 is 10.1 Å². The molecule has 7 heteroatoms. The average Bonchev–Trinajstić information content (AvgIpc) is 2.76. The Hall–Kier alpha value is -3.35. The minimum absolute atomic E-state index is 0.0185. The first-order chi connectivity index (χ1) is 14.0. The van der Waals surface area contributed by atoms with E-state index >= 15 is 0 Å². The third kappa shape index (κ3) is 5.81. The van der Waals surface area contributed by atoms with Gasteiger partial charge in [0.05, 0.1) is 0 Å². The number of benzene rings is 2. The summed E-state index contributed by atoms with van der Waals surface area (Å²) in [6.45, 7) is 1.05. The summed E-state index contributed by atoms with van der Waals surface area (Å²) in [5.41, 5.74) is 1.50. The van der Waals surface area contributed by atoms with Gasteiger partial charge in [0, 0.05) is 31.1 Å². The van der Waals surface area contributed by atoms with E-state index in [0.29, 0.717) is 43.8 Å². The van der Waals surface area contributed by atoms with Crippen molar-refractivity contribution < 1.29 is 24.2 Å². The Balaban J connectivity index is 1.49. The largest absolute Gasteiger partial charge is 0.482 e. The van der Waals surface area contributed by atoms with Gasteiger partial charge in [-0.05, 0) is 36.6 Å². The number of likely N-dealkylation sites (tertiary alicyclic amines) is 1. The first-order valence-electron chi connectivity index (χ1n) is 9.58. The summed E-state index contributed by atoms with van der Waals surface area (Å²) in [5.74, 6) is -0.963. The van der Waals surface area contributed by atoms with Crippen molar-refractivity contribution in [3.05, 3.63) is 65.7 Å². The molecule has 0 bridgehead atoms. The van der Waals surface area contributed by atoms with Gasteiger partial charge in [0.25, 0.3) is 5.91 Å². The highest BCUT2D eigenvalue weighted by Crippen LogP contribution is 2.21. The van der Waals surface area contributed by atoms with Crippen LogP contribution in [0.2, 0.25) is 0 Å². The molecule has 29 heavy (non-hydrogen) atoms. The lowest BCUT2D eigenvalue weighted by atomic mass is 9.95. The van der Waals surface area contributed by atoms with Crippen molar-refractivity contribution in [3.8, 4) is 5.75 Å². The van der Waals surface area contributed by atoms with Gasteiger partial charge in [-0.15, -0.1) is 0 Å². The van der Waals surface area contributed by atoms with Crippen molar-refractivity contribution in [2.75, 3.05) is 19.7 Å². The van der Waals surface area contributed by atoms with Crippen LogP contribution in [0.3, 0.4) is 0 Å². The molecule has 2 aromatic rings. The molecule has 7 nitrogen and oxygen atoms in total. The number of amides is 2. The molecule has 0 aliphatic carbocycles. The lowest BCUT2D eigenvalue weighted by Crippen LogP contribution is -2.42. The van der Waals surface area contributed by atoms with E-state index in [4.69, 9.17) is 9.84 Å². The van der Waals surface area contributed by atoms with E-state index in [1.165, 1.54) is 0 Å². The van der Waals surface area contributed by atoms with E-state index in [9.17, 15) is 14.4 Å². The van der Waals surface area contributed by atoms with Gasteiger partial charge in [-0.3, -0.25) is 9.59 Å². The zero-order valence-corrected chi connectivity index (χ0v) is 16.0. The molecule has 1 aliphatic rings. The molecule has 152 valence electrons. The molecule has 0 spiro atoms. The molecule has 1 saturated heterocycles. The number of aliphatic carboxylic acids is 1. The third-order valence-corrected chi connectivity index (χ3v) is 4.91. The maximum atomic E-state index is 12.7. The highest BCUT2D eigenvalue weighted by molar-refractivity contribution is 5.94. The summed E-state index contributed by atoms with van der Waals surface area (Å²) in [6.07, 6.45) is 1.23. The zero-order chi connectivity index (χ0) is 20.6. The Kier molecular flexibility index (Phi) is 6.84. The monoisotopic (exact) mass is 396 g/mol. The van der Waals surface area contributed by atoms with E-state index in [-0.39, 0.29) is 17.7 Å². The minimum Gasteiger partial charge on any atom is -0.482 e. The smallest absolute Gasteiger partial charge is 0.341 e. The Morgan fingerprint density at radius 3 is 2.45 bits per heavy atom. The van der Waals surface area contributed by atoms with E-state index in [1.807, 2.05) is 30.3 Å². The standard InChI is InChI=1S/C22H24N2O5/c25-20(26)15-29-19-8-4-7-18(13-19)22(28)24-11-9-17(10-12-24)21(27)23-14-16-5-2-1-3-6-16/h1-8,13,17H,9-12,14-15H2,(H,23,27)(H,25,26). The Morgan fingerprint density at radius 2 is 1.76 bits per heavy atom. The van der Waals surface area contributed by atoms with Crippen molar-refractivity contribution >= 4 is 17.8 Å². The maximum Gasteiger partial charge on any atom is 0.341 e. The molecule has 2 amide bonds. The number of ether oxygens (including phenoxy) is 1. The number of nitrogens with zero attached hydrogens (tertiary/aromatic N) is 1. The minimum atomic E-state index is -1.07. The second-order valence-corrected chi connectivity index (χ2v) is 6.98. The van der Waals surface area contributed by atoms with Crippen LogP contribution in [0.4, 0.5) is 0 Å². The predicted octanol–water partition coefficient (Wildman–Crippen LogP) is 2.32. The summed E-state index contributed by atoms with van der Waals surface area (Å²) in [6, 6.07) is 16.2. The average molecular weight is 396 g/mol. The number of hydrogen-bond donors (Lipinski definition) is 2. The van der Waals surface area contributed by atoms with Crippen LogP contribution in [-0.4, -0.2) is 47.5 Å². The molecule has 0 unspecified atom stereocenters. The van der Waals surface area contributed by atoms with E-state index in [0.717, 1.165) is 5.56 Å². The molecule has 1 aliphatic heterocycles. The SMILES string of the molecule is O=C(O)COc1cccc(C(=O)N2CCC(C(=O)NCc3ccccc3)CC2)c1. The zero-order valence-electron chi connectivity index (χ0n) is 16.0. The molecular formula is C22H24N2O5. The lowest BCUT2D eigenvalue weighted by Gasteiger charge is -2.31. The fourth-order valence-corrected chi connectivity index (χ4v) is 3.32. The van der Waals surface area contributed by atoms with Gasteiger partial charge < -0.3 is 20.1 Å². The Morgan fingerprint density at radius 1 is 1.03 bits per heavy atom. The quantitative estimate of drug-likeness (QED) is 0.749. The van der Waals surface area contributed by atoms with Crippen LogP contribution in [0.1, 0.15) is 28.8 Å². The fraction of sp³-hybridized carbons (Fsp3) is 0.318. The number of carboxylic acid groups (broad SMARTS) is 1. The number of nitrogens with one attached hydrogen (secondary N) is 1. The highest BCUT2D eigenvalue weighted by Gasteiger charge is 2.27. The van der Waals surface area contributed by atoms with Crippen LogP contribution in [0.5, 0.6) is 5.75 Å². The number of carboxylic acids is 1. The van der Waals surface area contributed by atoms with E-state index in [1.54, 1.807) is 29.2 Å². The second-order valence-electron chi connectivity index (χ2n) is 6.98. The predicted molar refractivity (Wildman–Crippen MR) is 106 cm³/mol. The Bertz CT molecular complexity index is 861. The van der Waals surface area contributed by atoms with E-state index in [2.05, 4.69) is 5.32 Å².